The van der Waals surface area contributed by atoms with Gasteiger partial charge in [0.25, 0.3) is 0 Å². The number of halogens is 5. The molecule has 0 saturated heterocycles. The second kappa shape index (κ2) is 11.0. The van der Waals surface area contributed by atoms with E-state index in [-0.39, 0.29) is 40.6 Å². The van der Waals surface area contributed by atoms with Crippen LogP contribution in [0.1, 0.15) is 22.3 Å². The monoisotopic (exact) mass is 566 g/mol. The number of pyridine rings is 2. The summed E-state index contributed by atoms with van der Waals surface area (Å²) in [6.07, 6.45) is -4.08. The number of rotatable bonds is 7. The van der Waals surface area contributed by atoms with E-state index >= 15 is 0 Å². The lowest BCUT2D eigenvalue weighted by Crippen LogP contribution is -2.11. The maximum Gasteiger partial charge on any atom is 0.418 e. The Kier molecular flexibility index (Phi) is 7.49. The van der Waals surface area contributed by atoms with Gasteiger partial charge in [0.15, 0.2) is 11.6 Å². The first-order valence-corrected chi connectivity index (χ1v) is 12.4. The number of hydrogen-bond acceptors (Lipinski definition) is 5. The minimum atomic E-state index is -4.72. The Balaban J connectivity index is 1.71. The lowest BCUT2D eigenvalue weighted by atomic mass is 10.0. The summed E-state index contributed by atoms with van der Waals surface area (Å²) in [7, 11) is 1.51. The lowest BCUT2D eigenvalue weighted by Gasteiger charge is -2.19. The Bertz CT molecular complexity index is 1740. The van der Waals surface area contributed by atoms with Gasteiger partial charge in [-0.1, -0.05) is 30.3 Å². The molecule has 0 spiro atoms. The highest BCUT2D eigenvalue weighted by molar-refractivity contribution is 5.90. The quantitative estimate of drug-likeness (QED) is 0.185. The minimum Gasteiger partial charge on any atom is -0.497 e. The molecule has 0 aliphatic rings. The van der Waals surface area contributed by atoms with Crippen LogP contribution in [0.3, 0.4) is 0 Å². The summed E-state index contributed by atoms with van der Waals surface area (Å²) in [4.78, 5) is 8.56. The first-order chi connectivity index (χ1) is 19.6. The SMILES string of the molecule is COc1ccc2nc(-c3c(Oc4ccc(F)c(F)c4C)ncc(C(F)(F)F)c3C)cc(OCc3ccccc3)c2c1. The Morgan fingerprint density at radius 3 is 2.32 bits per heavy atom. The van der Waals surface area contributed by atoms with E-state index in [4.69, 9.17) is 14.2 Å². The Morgan fingerprint density at radius 2 is 1.61 bits per heavy atom. The summed E-state index contributed by atoms with van der Waals surface area (Å²) >= 11 is 0. The zero-order chi connectivity index (χ0) is 29.3. The molecule has 0 atom stereocenters. The van der Waals surface area contributed by atoms with Crippen molar-refractivity contribution in [1.29, 1.82) is 0 Å². The van der Waals surface area contributed by atoms with E-state index in [9.17, 15) is 22.0 Å². The number of ether oxygens (including phenoxy) is 3. The van der Waals surface area contributed by atoms with Crippen molar-refractivity contribution in [2.75, 3.05) is 7.11 Å². The van der Waals surface area contributed by atoms with Crippen molar-refractivity contribution in [3.8, 4) is 34.4 Å². The highest BCUT2D eigenvalue weighted by Gasteiger charge is 2.35. The number of nitrogens with zero attached hydrogens (tertiary/aromatic N) is 2. The van der Waals surface area contributed by atoms with Crippen LogP contribution < -0.4 is 14.2 Å². The molecule has 5 rings (SSSR count). The summed E-state index contributed by atoms with van der Waals surface area (Å²) < 4.78 is 87.2. The van der Waals surface area contributed by atoms with Gasteiger partial charge in [0.05, 0.1) is 29.4 Å². The molecule has 3 aromatic carbocycles. The van der Waals surface area contributed by atoms with Gasteiger partial charge >= 0.3 is 6.18 Å². The molecule has 41 heavy (non-hydrogen) atoms. The van der Waals surface area contributed by atoms with Crippen LogP contribution in [0.4, 0.5) is 22.0 Å². The second-order valence-corrected chi connectivity index (χ2v) is 9.22. The van der Waals surface area contributed by atoms with Crippen molar-refractivity contribution in [3.05, 3.63) is 107 Å². The maximum absolute atomic E-state index is 14.3. The van der Waals surface area contributed by atoms with Crippen LogP contribution in [0.5, 0.6) is 23.1 Å². The molecule has 5 nitrogen and oxygen atoms in total. The van der Waals surface area contributed by atoms with Crippen LogP contribution >= 0.6 is 0 Å². The highest BCUT2D eigenvalue weighted by Crippen LogP contribution is 2.43. The molecule has 0 amide bonds. The van der Waals surface area contributed by atoms with E-state index < -0.39 is 23.4 Å². The van der Waals surface area contributed by atoms with Gasteiger partial charge < -0.3 is 14.2 Å². The molecule has 2 heterocycles. The number of fused-ring (bicyclic) bond motifs is 1. The van der Waals surface area contributed by atoms with Crippen LogP contribution in [0, 0.1) is 25.5 Å². The molecule has 0 fully saturated rings. The van der Waals surface area contributed by atoms with Crippen molar-refractivity contribution in [2.45, 2.75) is 26.6 Å². The van der Waals surface area contributed by atoms with E-state index in [1.54, 1.807) is 18.2 Å². The predicted molar refractivity (Wildman–Crippen MR) is 143 cm³/mol. The summed E-state index contributed by atoms with van der Waals surface area (Å²) in [5.74, 6) is -1.73. The second-order valence-electron chi connectivity index (χ2n) is 9.22. The van der Waals surface area contributed by atoms with Gasteiger partial charge in [0, 0.05) is 23.2 Å². The van der Waals surface area contributed by atoms with E-state index in [2.05, 4.69) is 9.97 Å². The van der Waals surface area contributed by atoms with Crippen molar-refractivity contribution in [2.24, 2.45) is 0 Å². The molecule has 5 aromatic rings. The first kappa shape index (κ1) is 27.8. The highest BCUT2D eigenvalue weighted by atomic mass is 19.4. The fraction of sp³-hybridized carbons (Fsp3) is 0.161. The fourth-order valence-corrected chi connectivity index (χ4v) is 4.38. The van der Waals surface area contributed by atoms with Gasteiger partial charge in [-0.2, -0.15) is 13.2 Å². The minimum absolute atomic E-state index is 0.0776. The van der Waals surface area contributed by atoms with E-state index in [1.165, 1.54) is 33.1 Å². The van der Waals surface area contributed by atoms with E-state index in [0.717, 1.165) is 11.6 Å². The Hall–Kier alpha value is -4.73. The normalized spacial score (nSPS) is 11.5. The Labute approximate surface area is 232 Å². The van der Waals surface area contributed by atoms with Crippen molar-refractivity contribution < 1.29 is 36.2 Å². The number of hydrogen-bond donors (Lipinski definition) is 0. The molecule has 0 bridgehead atoms. The third-order valence-corrected chi connectivity index (χ3v) is 6.58. The maximum atomic E-state index is 14.3. The lowest BCUT2D eigenvalue weighted by molar-refractivity contribution is -0.138. The average molecular weight is 567 g/mol. The van der Waals surface area contributed by atoms with Crippen LogP contribution in [0.15, 0.2) is 72.9 Å². The summed E-state index contributed by atoms with van der Waals surface area (Å²) in [5, 5.41) is 0.570. The summed E-state index contributed by atoms with van der Waals surface area (Å²) in [6, 6.07) is 17.9. The number of methoxy groups -OCH3 is 1. The van der Waals surface area contributed by atoms with Gasteiger partial charge in [-0.05, 0) is 55.3 Å². The van der Waals surface area contributed by atoms with Gasteiger partial charge in [0.1, 0.15) is 23.9 Å². The molecule has 0 N–H and O–H groups in total. The largest absolute Gasteiger partial charge is 0.497 e. The molecule has 0 unspecified atom stereocenters. The predicted octanol–water partition coefficient (Wildman–Crippen LogP) is 8.59. The smallest absolute Gasteiger partial charge is 0.418 e. The van der Waals surface area contributed by atoms with E-state index in [0.29, 0.717) is 28.6 Å². The van der Waals surface area contributed by atoms with Gasteiger partial charge in [-0.15, -0.1) is 0 Å². The van der Waals surface area contributed by atoms with Gasteiger partial charge in [-0.3, -0.25) is 0 Å². The zero-order valence-corrected chi connectivity index (χ0v) is 22.1. The number of aromatic nitrogens is 2. The summed E-state index contributed by atoms with van der Waals surface area (Å²) in [6.45, 7) is 2.74. The molecule has 10 heteroatoms. The molecule has 0 aliphatic heterocycles. The van der Waals surface area contributed by atoms with Crippen LogP contribution in [-0.2, 0) is 12.8 Å². The van der Waals surface area contributed by atoms with Crippen molar-refractivity contribution >= 4 is 10.9 Å². The van der Waals surface area contributed by atoms with Crippen LogP contribution in [0.25, 0.3) is 22.2 Å². The fourth-order valence-electron chi connectivity index (χ4n) is 4.38. The first-order valence-electron chi connectivity index (χ1n) is 12.4. The van der Waals surface area contributed by atoms with E-state index in [1.807, 2.05) is 30.3 Å². The van der Waals surface area contributed by atoms with Crippen molar-refractivity contribution in [1.82, 2.24) is 9.97 Å². The van der Waals surface area contributed by atoms with Crippen LogP contribution in [-0.4, -0.2) is 17.1 Å². The molecule has 210 valence electrons. The number of alkyl halides is 3. The molecular formula is C31H23F5N2O3. The van der Waals surface area contributed by atoms with Gasteiger partial charge in [-0.25, -0.2) is 18.7 Å². The standard InChI is InChI=1S/C31H23F5N2O3/c1-17-22(31(34,35)36)15-37-30(41-26-12-10-23(32)29(33)18(26)2)28(17)25-14-27(40-16-19-7-5-4-6-8-19)21-13-20(39-3)9-11-24(21)38-25/h4-15H,16H2,1-3H3. The molecule has 0 radical (unpaired) electrons. The summed E-state index contributed by atoms with van der Waals surface area (Å²) in [5.41, 5.74) is -0.0822. The van der Waals surface area contributed by atoms with Gasteiger partial charge in [0.2, 0.25) is 5.88 Å². The molecule has 0 aliphatic carbocycles. The molecule has 2 aromatic heterocycles. The van der Waals surface area contributed by atoms with Crippen molar-refractivity contribution in [3.63, 3.8) is 0 Å². The van der Waals surface area contributed by atoms with Crippen LogP contribution in [0.2, 0.25) is 0 Å². The molecule has 0 saturated carbocycles. The Morgan fingerprint density at radius 1 is 0.854 bits per heavy atom. The zero-order valence-electron chi connectivity index (χ0n) is 22.1. The third kappa shape index (κ3) is 5.63. The molecular weight excluding hydrogens is 543 g/mol. The number of benzene rings is 3. The topological polar surface area (TPSA) is 53.5 Å². The average Bonchev–Trinajstić information content (AvgIpc) is 2.95. The third-order valence-electron chi connectivity index (χ3n) is 6.58.